The number of hydrogen-bond acceptors (Lipinski definition) is 2. The predicted octanol–water partition coefficient (Wildman–Crippen LogP) is 3.44. The fourth-order valence-corrected chi connectivity index (χ4v) is 2.54. The molecule has 4 heteroatoms. The van der Waals surface area contributed by atoms with Crippen molar-refractivity contribution in [1.29, 1.82) is 0 Å². The van der Waals surface area contributed by atoms with E-state index in [9.17, 15) is 9.90 Å². The highest BCUT2D eigenvalue weighted by Crippen LogP contribution is 2.37. The first-order chi connectivity index (χ1) is 8.43. The van der Waals surface area contributed by atoms with Gasteiger partial charge < -0.3 is 10.2 Å². The highest BCUT2D eigenvalue weighted by atomic mass is 35.5. The molecular formula is C14H19ClO3. The van der Waals surface area contributed by atoms with Crippen molar-refractivity contribution in [1.82, 2.24) is 0 Å². The summed E-state index contributed by atoms with van der Waals surface area (Å²) >= 11 is 5.82. The lowest BCUT2D eigenvalue weighted by Crippen LogP contribution is -2.37. The summed E-state index contributed by atoms with van der Waals surface area (Å²) < 4.78 is 0. The first-order valence-electron chi connectivity index (χ1n) is 6.14. The Morgan fingerprint density at radius 2 is 1.78 bits per heavy atom. The van der Waals surface area contributed by atoms with Gasteiger partial charge in [-0.2, -0.15) is 0 Å². The smallest absolute Gasteiger partial charge is 0.306 e. The summed E-state index contributed by atoms with van der Waals surface area (Å²) in [6, 6.07) is 6.74. The van der Waals surface area contributed by atoms with Gasteiger partial charge in [0.2, 0.25) is 0 Å². The molecule has 1 aromatic carbocycles. The number of aliphatic carboxylic acids is 1. The third kappa shape index (κ3) is 3.24. The van der Waals surface area contributed by atoms with E-state index >= 15 is 0 Å². The van der Waals surface area contributed by atoms with E-state index in [0.29, 0.717) is 10.6 Å². The topological polar surface area (TPSA) is 57.5 Å². The molecule has 2 N–H and O–H groups in total. The van der Waals surface area contributed by atoms with Crippen LogP contribution in [0, 0.1) is 5.92 Å². The Labute approximate surface area is 112 Å². The monoisotopic (exact) mass is 270 g/mol. The van der Waals surface area contributed by atoms with Crippen LogP contribution in [0.5, 0.6) is 0 Å². The predicted molar refractivity (Wildman–Crippen MR) is 71.7 cm³/mol. The molecule has 0 amide bonds. The summed E-state index contributed by atoms with van der Waals surface area (Å²) in [7, 11) is 0. The zero-order valence-corrected chi connectivity index (χ0v) is 11.4. The lowest BCUT2D eigenvalue weighted by Gasteiger charge is -2.34. The van der Waals surface area contributed by atoms with Crippen LogP contribution in [-0.2, 0) is 10.4 Å². The van der Waals surface area contributed by atoms with Crippen molar-refractivity contribution in [3.8, 4) is 0 Å². The van der Waals surface area contributed by atoms with Gasteiger partial charge >= 0.3 is 5.97 Å². The number of benzene rings is 1. The van der Waals surface area contributed by atoms with Crippen molar-refractivity contribution in [2.45, 2.75) is 38.7 Å². The second-order valence-electron chi connectivity index (χ2n) is 4.52. The molecule has 0 aliphatic heterocycles. The van der Waals surface area contributed by atoms with Gasteiger partial charge in [0.05, 0.1) is 6.42 Å². The average Bonchev–Trinajstić information content (AvgIpc) is 2.30. The Hall–Kier alpha value is -1.06. The number of carboxylic acids is 1. The van der Waals surface area contributed by atoms with Crippen LogP contribution < -0.4 is 0 Å². The molecule has 0 aromatic heterocycles. The first kappa shape index (κ1) is 15.0. The minimum absolute atomic E-state index is 0.0882. The molecule has 3 nitrogen and oxygen atoms in total. The molecule has 0 aliphatic rings. The molecule has 1 atom stereocenters. The molecule has 18 heavy (non-hydrogen) atoms. The highest BCUT2D eigenvalue weighted by Gasteiger charge is 2.38. The van der Waals surface area contributed by atoms with Crippen molar-refractivity contribution in [3.63, 3.8) is 0 Å². The van der Waals surface area contributed by atoms with Crippen molar-refractivity contribution >= 4 is 17.6 Å². The van der Waals surface area contributed by atoms with E-state index in [1.807, 2.05) is 13.8 Å². The van der Waals surface area contributed by atoms with Crippen LogP contribution >= 0.6 is 11.6 Å². The minimum atomic E-state index is -1.33. The fourth-order valence-electron chi connectivity index (χ4n) is 2.42. The third-order valence-electron chi connectivity index (χ3n) is 3.43. The Balaban J connectivity index is 3.18. The SMILES string of the molecule is CCC(CC)C(O)(CC(=O)O)c1ccc(Cl)cc1. The standard InChI is InChI=1S/C14H19ClO3/c1-3-10(4-2)14(18,9-13(16)17)11-5-7-12(15)8-6-11/h5-8,10,18H,3-4,9H2,1-2H3,(H,16,17). The normalized spacial score (nSPS) is 14.5. The Kier molecular flexibility index (Phi) is 5.17. The van der Waals surface area contributed by atoms with Gasteiger partial charge in [0.25, 0.3) is 0 Å². The molecule has 1 rings (SSSR count). The van der Waals surface area contributed by atoms with E-state index in [2.05, 4.69) is 0 Å². The molecule has 0 radical (unpaired) electrons. The van der Waals surface area contributed by atoms with Crippen molar-refractivity contribution in [3.05, 3.63) is 34.9 Å². The number of carboxylic acid groups (broad SMARTS) is 1. The Bertz CT molecular complexity index is 398. The highest BCUT2D eigenvalue weighted by molar-refractivity contribution is 6.30. The van der Waals surface area contributed by atoms with E-state index in [4.69, 9.17) is 16.7 Å². The lowest BCUT2D eigenvalue weighted by atomic mass is 9.76. The number of hydrogen-bond donors (Lipinski definition) is 2. The summed E-state index contributed by atoms with van der Waals surface area (Å²) in [6.07, 6.45) is 1.16. The molecule has 1 aromatic rings. The van der Waals surface area contributed by atoms with Crippen LogP contribution in [0.15, 0.2) is 24.3 Å². The molecule has 1 unspecified atom stereocenters. The number of carbonyl (C=O) groups is 1. The summed E-state index contributed by atoms with van der Waals surface area (Å²) in [6.45, 7) is 3.91. The molecule has 0 spiro atoms. The maximum Gasteiger partial charge on any atom is 0.306 e. The van der Waals surface area contributed by atoms with Crippen LogP contribution in [0.2, 0.25) is 5.02 Å². The number of halogens is 1. The molecule has 0 saturated carbocycles. The van der Waals surface area contributed by atoms with Crippen LogP contribution in [-0.4, -0.2) is 16.2 Å². The minimum Gasteiger partial charge on any atom is -0.481 e. The zero-order valence-electron chi connectivity index (χ0n) is 10.7. The summed E-state index contributed by atoms with van der Waals surface area (Å²) in [4.78, 5) is 11.0. The van der Waals surface area contributed by atoms with Gasteiger partial charge in [-0.3, -0.25) is 4.79 Å². The maximum absolute atomic E-state index is 11.0. The van der Waals surface area contributed by atoms with Gasteiger partial charge in [0.1, 0.15) is 5.60 Å². The van der Waals surface area contributed by atoms with Gasteiger partial charge in [-0.25, -0.2) is 0 Å². The quantitative estimate of drug-likeness (QED) is 0.832. The van der Waals surface area contributed by atoms with E-state index in [-0.39, 0.29) is 12.3 Å². The largest absolute Gasteiger partial charge is 0.481 e. The summed E-state index contributed by atoms with van der Waals surface area (Å²) in [5.74, 6) is -1.09. The molecule has 0 bridgehead atoms. The fraction of sp³-hybridized carbons (Fsp3) is 0.500. The first-order valence-corrected chi connectivity index (χ1v) is 6.52. The molecule has 0 fully saturated rings. The Morgan fingerprint density at radius 3 is 2.17 bits per heavy atom. The van der Waals surface area contributed by atoms with Crippen LogP contribution in [0.4, 0.5) is 0 Å². The lowest BCUT2D eigenvalue weighted by molar-refractivity contribution is -0.146. The molecular weight excluding hydrogens is 252 g/mol. The van der Waals surface area contributed by atoms with Crippen LogP contribution in [0.3, 0.4) is 0 Å². The number of aliphatic hydroxyl groups is 1. The van der Waals surface area contributed by atoms with Gasteiger partial charge in [-0.1, -0.05) is 50.4 Å². The Morgan fingerprint density at radius 1 is 1.28 bits per heavy atom. The summed E-state index contributed by atoms with van der Waals surface area (Å²) in [5.41, 5.74) is -0.720. The van der Waals surface area contributed by atoms with Crippen molar-refractivity contribution in [2.75, 3.05) is 0 Å². The van der Waals surface area contributed by atoms with E-state index in [1.165, 1.54) is 0 Å². The number of rotatable bonds is 6. The van der Waals surface area contributed by atoms with Gasteiger partial charge in [-0.05, 0) is 23.6 Å². The second kappa shape index (κ2) is 6.21. The van der Waals surface area contributed by atoms with Crippen molar-refractivity contribution in [2.24, 2.45) is 5.92 Å². The van der Waals surface area contributed by atoms with Crippen LogP contribution in [0.1, 0.15) is 38.7 Å². The van der Waals surface area contributed by atoms with E-state index < -0.39 is 11.6 Å². The molecule has 100 valence electrons. The van der Waals surface area contributed by atoms with E-state index in [1.54, 1.807) is 24.3 Å². The van der Waals surface area contributed by atoms with Gasteiger partial charge in [-0.15, -0.1) is 0 Å². The third-order valence-corrected chi connectivity index (χ3v) is 3.68. The van der Waals surface area contributed by atoms with Gasteiger partial charge in [0, 0.05) is 5.02 Å². The maximum atomic E-state index is 11.0. The molecule has 0 heterocycles. The molecule has 0 aliphatic carbocycles. The van der Waals surface area contributed by atoms with E-state index in [0.717, 1.165) is 12.8 Å². The zero-order chi connectivity index (χ0) is 13.8. The van der Waals surface area contributed by atoms with Crippen molar-refractivity contribution < 1.29 is 15.0 Å². The average molecular weight is 271 g/mol. The van der Waals surface area contributed by atoms with Gasteiger partial charge in [0.15, 0.2) is 0 Å². The molecule has 0 saturated heterocycles. The van der Waals surface area contributed by atoms with Crippen LogP contribution in [0.25, 0.3) is 0 Å². The second-order valence-corrected chi connectivity index (χ2v) is 4.95. The summed E-state index contributed by atoms with van der Waals surface area (Å²) in [5, 5.41) is 20.4.